The van der Waals surface area contributed by atoms with Crippen LogP contribution in [0, 0.1) is 5.82 Å². The van der Waals surface area contributed by atoms with Crippen LogP contribution in [0.1, 0.15) is 30.0 Å². The quantitative estimate of drug-likeness (QED) is 0.327. The Labute approximate surface area is 186 Å². The van der Waals surface area contributed by atoms with Gasteiger partial charge in [-0.15, -0.1) is 0 Å². The molecule has 1 fully saturated rings. The van der Waals surface area contributed by atoms with Crippen molar-refractivity contribution in [2.75, 3.05) is 26.3 Å². The Morgan fingerprint density at radius 1 is 1.12 bits per heavy atom. The molecule has 0 aromatic heterocycles. The van der Waals surface area contributed by atoms with Crippen LogP contribution < -0.4 is 0 Å². The smallest absolute Gasteiger partial charge is 0.341 e. The van der Waals surface area contributed by atoms with Gasteiger partial charge >= 0.3 is 5.97 Å². The zero-order chi connectivity index (χ0) is 23.1. The standard InChI is InChI=1S/C24H27FN2O5/c1-2-21(26-18-5-3-4-17(12-18)15-28)22(24(30)31)23(29)19-13-16(6-7-20(19)25)14-27-8-10-32-11-9-27/h3-7,12-13,28-29H,2,8-11,14-15H2,1H3,(H,30,31). The van der Waals surface area contributed by atoms with Gasteiger partial charge in [-0.05, 0) is 41.8 Å². The number of rotatable bonds is 8. The molecular formula is C24H27FN2O5. The Morgan fingerprint density at radius 2 is 1.88 bits per heavy atom. The number of benzene rings is 2. The number of carboxylic acid groups (broad SMARTS) is 1. The fourth-order valence-corrected chi connectivity index (χ4v) is 3.56. The Balaban J connectivity index is 2.01. The van der Waals surface area contributed by atoms with Crippen molar-refractivity contribution in [3.63, 3.8) is 0 Å². The number of carbonyl (C=O) groups is 1. The number of hydrogen-bond acceptors (Lipinski definition) is 6. The molecule has 1 saturated heterocycles. The lowest BCUT2D eigenvalue weighted by atomic mass is 10.00. The van der Waals surface area contributed by atoms with Crippen molar-refractivity contribution >= 4 is 23.1 Å². The molecule has 8 heteroatoms. The van der Waals surface area contributed by atoms with E-state index in [9.17, 15) is 24.5 Å². The highest BCUT2D eigenvalue weighted by atomic mass is 19.1. The Bertz CT molecular complexity index is 1030. The van der Waals surface area contributed by atoms with E-state index >= 15 is 0 Å². The first-order chi connectivity index (χ1) is 15.4. The average Bonchev–Trinajstić information content (AvgIpc) is 2.80. The zero-order valence-electron chi connectivity index (χ0n) is 17.9. The highest BCUT2D eigenvalue weighted by molar-refractivity contribution is 6.24. The molecule has 0 unspecified atom stereocenters. The van der Waals surface area contributed by atoms with Crippen molar-refractivity contribution in [1.82, 2.24) is 4.90 Å². The lowest BCUT2D eigenvalue weighted by Gasteiger charge is -2.26. The summed E-state index contributed by atoms with van der Waals surface area (Å²) < 4.78 is 20.0. The third kappa shape index (κ3) is 5.79. The third-order valence-corrected chi connectivity index (χ3v) is 5.23. The van der Waals surface area contributed by atoms with E-state index in [-0.39, 0.29) is 24.3 Å². The van der Waals surface area contributed by atoms with Gasteiger partial charge in [0.25, 0.3) is 0 Å². The maximum atomic E-state index is 14.6. The number of halogens is 1. The number of carboxylic acids is 1. The van der Waals surface area contributed by atoms with Gasteiger partial charge in [-0.1, -0.05) is 25.1 Å². The minimum absolute atomic E-state index is 0.100. The Kier molecular flexibility index (Phi) is 8.10. The fourth-order valence-electron chi connectivity index (χ4n) is 3.56. The van der Waals surface area contributed by atoms with Crippen LogP contribution in [0.25, 0.3) is 5.76 Å². The Hall–Kier alpha value is -3.07. The molecule has 0 saturated carbocycles. The van der Waals surface area contributed by atoms with Gasteiger partial charge in [0.05, 0.1) is 36.8 Å². The number of aliphatic hydroxyl groups excluding tert-OH is 2. The van der Waals surface area contributed by atoms with Crippen LogP contribution in [0.4, 0.5) is 10.1 Å². The first kappa shape index (κ1) is 23.6. The number of nitrogens with zero attached hydrogens (tertiary/aromatic N) is 2. The summed E-state index contributed by atoms with van der Waals surface area (Å²) in [7, 11) is 0. The maximum Gasteiger partial charge on any atom is 0.341 e. The molecule has 170 valence electrons. The number of aliphatic hydroxyl groups is 2. The van der Waals surface area contributed by atoms with Crippen LogP contribution in [0.5, 0.6) is 0 Å². The van der Waals surface area contributed by atoms with Crippen molar-refractivity contribution < 1.29 is 29.2 Å². The molecule has 3 rings (SSSR count). The van der Waals surface area contributed by atoms with Gasteiger partial charge in [0, 0.05) is 19.6 Å². The monoisotopic (exact) mass is 442 g/mol. The Morgan fingerprint density at radius 3 is 2.53 bits per heavy atom. The lowest BCUT2D eigenvalue weighted by Crippen LogP contribution is -2.35. The van der Waals surface area contributed by atoms with Gasteiger partial charge in [0.15, 0.2) is 0 Å². The molecule has 0 amide bonds. The van der Waals surface area contributed by atoms with Crippen LogP contribution in [0.2, 0.25) is 0 Å². The molecular weight excluding hydrogens is 415 g/mol. The van der Waals surface area contributed by atoms with E-state index in [1.807, 2.05) is 0 Å². The SMILES string of the molecule is CCC(=Nc1cccc(CO)c1)C(C(=O)O)=C(O)c1cc(CN2CCOCC2)ccc1F. The highest BCUT2D eigenvalue weighted by Crippen LogP contribution is 2.25. The van der Waals surface area contributed by atoms with Crippen molar-refractivity contribution in [3.8, 4) is 0 Å². The predicted molar refractivity (Wildman–Crippen MR) is 119 cm³/mol. The van der Waals surface area contributed by atoms with Crippen LogP contribution in [-0.4, -0.2) is 58.2 Å². The maximum absolute atomic E-state index is 14.6. The topological polar surface area (TPSA) is 103 Å². The minimum Gasteiger partial charge on any atom is -0.506 e. The number of aliphatic imine (C=N–C) groups is 1. The number of ether oxygens (including phenoxy) is 1. The van der Waals surface area contributed by atoms with Gasteiger partial charge in [-0.3, -0.25) is 9.89 Å². The lowest BCUT2D eigenvalue weighted by molar-refractivity contribution is -0.132. The first-order valence-electron chi connectivity index (χ1n) is 10.5. The summed E-state index contributed by atoms with van der Waals surface area (Å²) >= 11 is 0. The van der Waals surface area contributed by atoms with E-state index in [4.69, 9.17) is 4.74 Å². The summed E-state index contributed by atoms with van der Waals surface area (Å²) in [6.45, 7) is 4.79. The van der Waals surface area contributed by atoms with Gasteiger partial charge in [-0.2, -0.15) is 0 Å². The van der Waals surface area contributed by atoms with Gasteiger partial charge < -0.3 is 20.1 Å². The third-order valence-electron chi connectivity index (χ3n) is 5.23. The number of aliphatic carboxylic acids is 1. The summed E-state index contributed by atoms with van der Waals surface area (Å²) in [4.78, 5) is 18.6. The van der Waals surface area contributed by atoms with Crippen molar-refractivity contribution in [2.24, 2.45) is 4.99 Å². The van der Waals surface area contributed by atoms with Gasteiger partial charge in [-0.25, -0.2) is 9.18 Å². The minimum atomic E-state index is -1.40. The molecule has 1 aliphatic rings. The van der Waals surface area contributed by atoms with E-state index in [2.05, 4.69) is 9.89 Å². The van der Waals surface area contributed by atoms with Crippen LogP contribution in [0.15, 0.2) is 53.0 Å². The van der Waals surface area contributed by atoms with Gasteiger partial charge in [0.2, 0.25) is 0 Å². The van der Waals surface area contributed by atoms with Crippen LogP contribution >= 0.6 is 0 Å². The van der Waals surface area contributed by atoms with Crippen molar-refractivity contribution in [3.05, 3.63) is 70.5 Å². The molecule has 1 heterocycles. The molecule has 3 N–H and O–H groups in total. The molecule has 1 aliphatic heterocycles. The van der Waals surface area contributed by atoms with E-state index in [0.717, 1.165) is 18.7 Å². The summed E-state index contributed by atoms with van der Waals surface area (Å²) in [6.07, 6.45) is 0.199. The van der Waals surface area contributed by atoms with E-state index in [0.29, 0.717) is 31.0 Å². The van der Waals surface area contributed by atoms with Crippen LogP contribution in [0.3, 0.4) is 0 Å². The molecule has 0 aliphatic carbocycles. The molecule has 0 spiro atoms. The average molecular weight is 442 g/mol. The summed E-state index contributed by atoms with van der Waals surface area (Å²) in [5.41, 5.74) is 1.27. The summed E-state index contributed by atoms with van der Waals surface area (Å²) in [6, 6.07) is 11.0. The molecule has 0 atom stereocenters. The predicted octanol–water partition coefficient (Wildman–Crippen LogP) is 3.69. The zero-order valence-corrected chi connectivity index (χ0v) is 17.9. The fraction of sp³-hybridized carbons (Fsp3) is 0.333. The molecule has 7 nitrogen and oxygen atoms in total. The van der Waals surface area contributed by atoms with Crippen LogP contribution in [-0.2, 0) is 22.7 Å². The highest BCUT2D eigenvalue weighted by Gasteiger charge is 2.23. The van der Waals surface area contributed by atoms with Crippen molar-refractivity contribution in [2.45, 2.75) is 26.5 Å². The number of hydrogen-bond donors (Lipinski definition) is 3. The second kappa shape index (κ2) is 11.0. The molecule has 0 bridgehead atoms. The second-order valence-electron chi connectivity index (χ2n) is 7.47. The van der Waals surface area contributed by atoms with E-state index in [1.165, 1.54) is 12.1 Å². The molecule has 32 heavy (non-hydrogen) atoms. The summed E-state index contributed by atoms with van der Waals surface area (Å²) in [5, 5.41) is 30.0. The summed E-state index contributed by atoms with van der Waals surface area (Å²) in [5.74, 6) is -2.79. The van der Waals surface area contributed by atoms with E-state index < -0.39 is 23.1 Å². The largest absolute Gasteiger partial charge is 0.506 e. The molecule has 2 aromatic carbocycles. The second-order valence-corrected chi connectivity index (χ2v) is 7.47. The first-order valence-corrected chi connectivity index (χ1v) is 10.5. The van der Waals surface area contributed by atoms with E-state index in [1.54, 1.807) is 37.3 Å². The van der Waals surface area contributed by atoms with Gasteiger partial charge in [0.1, 0.15) is 17.1 Å². The normalized spacial score (nSPS) is 16.0. The molecule has 2 aromatic rings. The number of morpholine rings is 1. The molecule has 0 radical (unpaired) electrons. The van der Waals surface area contributed by atoms with Crippen molar-refractivity contribution in [1.29, 1.82) is 0 Å².